The minimum atomic E-state index is -0.404. The van der Waals surface area contributed by atoms with Gasteiger partial charge in [-0.2, -0.15) is 0 Å². The van der Waals surface area contributed by atoms with Gasteiger partial charge in [0.1, 0.15) is 6.61 Å². The van der Waals surface area contributed by atoms with E-state index in [-0.39, 0.29) is 12.6 Å². The van der Waals surface area contributed by atoms with E-state index in [2.05, 4.69) is 21.2 Å². The lowest BCUT2D eigenvalue weighted by Crippen LogP contribution is -2.26. The largest absolute Gasteiger partial charge is 0.445 e. The van der Waals surface area contributed by atoms with E-state index in [1.54, 1.807) is 11.3 Å². The van der Waals surface area contributed by atoms with Gasteiger partial charge in [-0.25, -0.2) is 4.79 Å². The van der Waals surface area contributed by atoms with E-state index in [4.69, 9.17) is 4.74 Å². The van der Waals surface area contributed by atoms with Crippen molar-refractivity contribution >= 4 is 33.4 Å². The predicted molar refractivity (Wildman–Crippen MR) is 80.2 cm³/mol. The van der Waals surface area contributed by atoms with Crippen LogP contribution >= 0.6 is 27.3 Å². The van der Waals surface area contributed by atoms with Gasteiger partial charge in [-0.3, -0.25) is 0 Å². The van der Waals surface area contributed by atoms with Crippen LogP contribution in [0.15, 0.2) is 45.6 Å². The number of rotatable bonds is 4. The molecule has 1 amide bonds. The molecule has 1 heterocycles. The Morgan fingerprint density at radius 1 is 1.42 bits per heavy atom. The van der Waals surface area contributed by atoms with Crippen molar-refractivity contribution in [2.24, 2.45) is 0 Å². The summed E-state index contributed by atoms with van der Waals surface area (Å²) in [7, 11) is 0. The molecule has 0 saturated heterocycles. The van der Waals surface area contributed by atoms with Crippen molar-refractivity contribution in [3.63, 3.8) is 0 Å². The fourth-order valence-electron chi connectivity index (χ4n) is 1.58. The molecule has 1 atom stereocenters. The van der Waals surface area contributed by atoms with Crippen LogP contribution in [-0.4, -0.2) is 6.09 Å². The number of alkyl carbamates (subject to hydrolysis) is 1. The molecule has 0 unspecified atom stereocenters. The van der Waals surface area contributed by atoms with Crippen LogP contribution in [0, 0.1) is 0 Å². The van der Waals surface area contributed by atoms with Crippen LogP contribution < -0.4 is 5.32 Å². The maximum atomic E-state index is 11.7. The molecule has 0 spiro atoms. The molecule has 100 valence electrons. The molecule has 2 rings (SSSR count). The second-order valence-electron chi connectivity index (χ2n) is 4.11. The molecule has 0 bridgehead atoms. The van der Waals surface area contributed by atoms with Crippen LogP contribution in [0.1, 0.15) is 24.1 Å². The molecule has 0 saturated carbocycles. The number of amides is 1. The topological polar surface area (TPSA) is 38.3 Å². The van der Waals surface area contributed by atoms with Gasteiger partial charge in [0.2, 0.25) is 0 Å². The Morgan fingerprint density at radius 3 is 2.79 bits per heavy atom. The Bertz CT molecular complexity index is 541. The number of nitrogens with one attached hydrogen (secondary N) is 1. The SMILES string of the molecule is C[C@H](NC(=O)OCc1ccccc1)c1csc(Br)c1. The van der Waals surface area contributed by atoms with Gasteiger partial charge < -0.3 is 10.1 Å². The van der Waals surface area contributed by atoms with E-state index in [1.807, 2.05) is 48.7 Å². The maximum absolute atomic E-state index is 11.7. The van der Waals surface area contributed by atoms with Crippen molar-refractivity contribution in [2.75, 3.05) is 0 Å². The van der Waals surface area contributed by atoms with Gasteiger partial charge in [-0.15, -0.1) is 11.3 Å². The summed E-state index contributed by atoms with van der Waals surface area (Å²) in [5, 5.41) is 4.81. The van der Waals surface area contributed by atoms with E-state index in [0.29, 0.717) is 0 Å². The van der Waals surface area contributed by atoms with Crippen LogP contribution in [0.3, 0.4) is 0 Å². The van der Waals surface area contributed by atoms with Crippen molar-refractivity contribution in [1.82, 2.24) is 5.32 Å². The zero-order chi connectivity index (χ0) is 13.7. The minimum absolute atomic E-state index is 0.0641. The van der Waals surface area contributed by atoms with Gasteiger partial charge in [0.25, 0.3) is 0 Å². The lowest BCUT2D eigenvalue weighted by atomic mass is 10.2. The normalized spacial score (nSPS) is 11.9. The number of halogens is 1. The summed E-state index contributed by atoms with van der Waals surface area (Å²) in [4.78, 5) is 11.7. The molecular weight excluding hydrogens is 326 g/mol. The van der Waals surface area contributed by atoms with E-state index in [0.717, 1.165) is 14.9 Å². The highest BCUT2D eigenvalue weighted by atomic mass is 79.9. The van der Waals surface area contributed by atoms with Gasteiger partial charge in [0.05, 0.1) is 9.83 Å². The third-order valence-corrected chi connectivity index (χ3v) is 4.16. The quantitative estimate of drug-likeness (QED) is 0.890. The fourth-order valence-corrected chi connectivity index (χ4v) is 2.85. The number of carbonyl (C=O) groups excluding carboxylic acids is 1. The number of benzene rings is 1. The average Bonchev–Trinajstić information content (AvgIpc) is 2.84. The van der Waals surface area contributed by atoms with Gasteiger partial charge in [-0.05, 0) is 45.4 Å². The highest BCUT2D eigenvalue weighted by Gasteiger charge is 2.11. The molecule has 0 radical (unpaired) electrons. The summed E-state index contributed by atoms with van der Waals surface area (Å²) >= 11 is 5.00. The number of carbonyl (C=O) groups is 1. The fraction of sp³-hybridized carbons (Fsp3) is 0.214. The van der Waals surface area contributed by atoms with Gasteiger partial charge in [0.15, 0.2) is 0 Å². The molecule has 2 aromatic rings. The predicted octanol–water partition coefficient (Wildman–Crippen LogP) is 4.50. The molecule has 0 fully saturated rings. The number of hydrogen-bond donors (Lipinski definition) is 1. The van der Waals surface area contributed by atoms with E-state index < -0.39 is 6.09 Å². The monoisotopic (exact) mass is 339 g/mol. The van der Waals surface area contributed by atoms with Crippen LogP contribution in [0.2, 0.25) is 0 Å². The minimum Gasteiger partial charge on any atom is -0.445 e. The summed E-state index contributed by atoms with van der Waals surface area (Å²) in [5.74, 6) is 0. The van der Waals surface area contributed by atoms with Crippen LogP contribution in [-0.2, 0) is 11.3 Å². The number of ether oxygens (including phenoxy) is 1. The molecule has 0 aliphatic carbocycles. The first-order valence-corrected chi connectivity index (χ1v) is 7.53. The third-order valence-electron chi connectivity index (χ3n) is 2.63. The molecule has 3 nitrogen and oxygen atoms in total. The van der Waals surface area contributed by atoms with Crippen LogP contribution in [0.4, 0.5) is 4.79 Å². The molecule has 19 heavy (non-hydrogen) atoms. The summed E-state index contributed by atoms with van der Waals surface area (Å²) in [6.45, 7) is 2.21. The molecule has 1 aromatic carbocycles. The Morgan fingerprint density at radius 2 is 2.16 bits per heavy atom. The summed E-state index contributed by atoms with van der Waals surface area (Å²) in [6.07, 6.45) is -0.404. The second kappa shape index (κ2) is 6.73. The summed E-state index contributed by atoms with van der Waals surface area (Å²) in [5.41, 5.74) is 2.04. The number of thiophene rings is 1. The third kappa shape index (κ3) is 4.36. The van der Waals surface area contributed by atoms with Gasteiger partial charge in [-0.1, -0.05) is 30.3 Å². The van der Waals surface area contributed by atoms with Crippen LogP contribution in [0.25, 0.3) is 0 Å². The van der Waals surface area contributed by atoms with Crippen molar-refractivity contribution < 1.29 is 9.53 Å². The van der Waals surface area contributed by atoms with Gasteiger partial charge >= 0.3 is 6.09 Å². The van der Waals surface area contributed by atoms with Crippen LogP contribution in [0.5, 0.6) is 0 Å². The van der Waals surface area contributed by atoms with Crippen molar-refractivity contribution in [1.29, 1.82) is 0 Å². The number of hydrogen-bond acceptors (Lipinski definition) is 3. The zero-order valence-corrected chi connectivity index (χ0v) is 12.8. The molecule has 1 aromatic heterocycles. The first-order chi connectivity index (χ1) is 9.15. The van der Waals surface area contributed by atoms with Crippen molar-refractivity contribution in [2.45, 2.75) is 19.6 Å². The van der Waals surface area contributed by atoms with E-state index in [1.165, 1.54) is 0 Å². The van der Waals surface area contributed by atoms with E-state index >= 15 is 0 Å². The average molecular weight is 340 g/mol. The summed E-state index contributed by atoms with van der Waals surface area (Å²) < 4.78 is 6.22. The van der Waals surface area contributed by atoms with Crippen molar-refractivity contribution in [3.05, 3.63) is 56.7 Å². The standard InChI is InChI=1S/C14H14BrNO2S/c1-10(12-7-13(15)19-9-12)16-14(17)18-8-11-5-3-2-4-6-11/h2-7,9-10H,8H2,1H3,(H,16,17)/t10-/m0/s1. The lowest BCUT2D eigenvalue weighted by molar-refractivity contribution is 0.136. The lowest BCUT2D eigenvalue weighted by Gasteiger charge is -2.12. The molecule has 0 aliphatic heterocycles. The maximum Gasteiger partial charge on any atom is 0.407 e. The highest BCUT2D eigenvalue weighted by Crippen LogP contribution is 2.25. The van der Waals surface area contributed by atoms with Crippen molar-refractivity contribution in [3.8, 4) is 0 Å². The smallest absolute Gasteiger partial charge is 0.407 e. The Balaban J connectivity index is 1.81. The Labute approximate surface area is 124 Å². The first-order valence-electron chi connectivity index (χ1n) is 5.86. The molecular formula is C14H14BrNO2S. The molecule has 5 heteroatoms. The Kier molecular flexibility index (Phi) is 4.99. The summed E-state index contributed by atoms with van der Waals surface area (Å²) in [6, 6.07) is 11.5. The highest BCUT2D eigenvalue weighted by molar-refractivity contribution is 9.11. The van der Waals surface area contributed by atoms with E-state index in [9.17, 15) is 4.79 Å². The van der Waals surface area contributed by atoms with Gasteiger partial charge in [0, 0.05) is 0 Å². The Hall–Kier alpha value is -1.33. The molecule has 0 aliphatic rings. The molecule has 1 N–H and O–H groups in total. The first kappa shape index (κ1) is 14.1. The zero-order valence-electron chi connectivity index (χ0n) is 10.4. The second-order valence-corrected chi connectivity index (χ2v) is 6.40.